The van der Waals surface area contributed by atoms with Crippen molar-refractivity contribution in [3.05, 3.63) is 22.4 Å². The minimum atomic E-state index is 0.139. The Bertz CT molecular complexity index is 272. The van der Waals surface area contributed by atoms with E-state index < -0.39 is 0 Å². The largest absolute Gasteiger partial charge is 0.356 e. The van der Waals surface area contributed by atoms with Crippen molar-refractivity contribution < 1.29 is 4.79 Å². The van der Waals surface area contributed by atoms with Crippen molar-refractivity contribution >= 4 is 17.2 Å². The summed E-state index contributed by atoms with van der Waals surface area (Å²) in [5, 5.41) is 4.91. The van der Waals surface area contributed by atoms with E-state index in [1.165, 1.54) is 4.88 Å². The zero-order chi connectivity index (χ0) is 10.9. The Hall–Kier alpha value is -0.870. The molecule has 0 bridgehead atoms. The maximum Gasteiger partial charge on any atom is 0.220 e. The monoisotopic (exact) mass is 226 g/mol. The molecule has 3 N–H and O–H groups in total. The lowest BCUT2D eigenvalue weighted by atomic mass is 10.2. The number of rotatable bonds is 7. The SMILES string of the molecule is NCCCNC(=O)CCCc1cccs1. The van der Waals surface area contributed by atoms with Gasteiger partial charge in [0, 0.05) is 17.8 Å². The fourth-order valence-corrected chi connectivity index (χ4v) is 2.05. The van der Waals surface area contributed by atoms with Gasteiger partial charge in [0.15, 0.2) is 0 Å². The number of carbonyl (C=O) groups excluding carboxylic acids is 1. The van der Waals surface area contributed by atoms with Crippen LogP contribution in [0.25, 0.3) is 0 Å². The molecule has 4 heteroatoms. The van der Waals surface area contributed by atoms with Crippen molar-refractivity contribution in [2.45, 2.75) is 25.7 Å². The van der Waals surface area contributed by atoms with Crippen LogP contribution in [0.1, 0.15) is 24.1 Å². The Balaban J connectivity index is 2.02. The van der Waals surface area contributed by atoms with E-state index in [-0.39, 0.29) is 5.91 Å². The van der Waals surface area contributed by atoms with Gasteiger partial charge in [-0.05, 0) is 37.3 Å². The molecule has 1 aromatic rings. The second-order valence-corrected chi connectivity index (χ2v) is 4.46. The van der Waals surface area contributed by atoms with Gasteiger partial charge in [0.2, 0.25) is 5.91 Å². The van der Waals surface area contributed by atoms with Gasteiger partial charge in [0.25, 0.3) is 0 Å². The summed E-state index contributed by atoms with van der Waals surface area (Å²) in [6, 6.07) is 4.15. The van der Waals surface area contributed by atoms with E-state index in [1.807, 2.05) is 6.07 Å². The first-order valence-electron chi connectivity index (χ1n) is 5.32. The van der Waals surface area contributed by atoms with Crippen molar-refractivity contribution in [1.82, 2.24) is 5.32 Å². The summed E-state index contributed by atoms with van der Waals surface area (Å²) in [5.41, 5.74) is 5.33. The van der Waals surface area contributed by atoms with Crippen LogP contribution in [0.4, 0.5) is 0 Å². The van der Waals surface area contributed by atoms with E-state index in [2.05, 4.69) is 16.8 Å². The topological polar surface area (TPSA) is 55.1 Å². The summed E-state index contributed by atoms with van der Waals surface area (Å²) in [4.78, 5) is 12.6. The number of nitrogens with two attached hydrogens (primary N) is 1. The Morgan fingerprint density at radius 1 is 1.47 bits per heavy atom. The van der Waals surface area contributed by atoms with Crippen molar-refractivity contribution in [3.8, 4) is 0 Å². The number of hydrogen-bond acceptors (Lipinski definition) is 3. The average Bonchev–Trinajstić information content (AvgIpc) is 2.71. The molecule has 0 saturated carbocycles. The van der Waals surface area contributed by atoms with Crippen molar-refractivity contribution in [3.63, 3.8) is 0 Å². The molecule has 0 aliphatic heterocycles. The highest BCUT2D eigenvalue weighted by Crippen LogP contribution is 2.11. The number of nitrogens with one attached hydrogen (secondary N) is 1. The van der Waals surface area contributed by atoms with Crippen molar-refractivity contribution in [2.24, 2.45) is 5.73 Å². The van der Waals surface area contributed by atoms with Gasteiger partial charge in [-0.25, -0.2) is 0 Å². The van der Waals surface area contributed by atoms with Gasteiger partial charge < -0.3 is 11.1 Å². The smallest absolute Gasteiger partial charge is 0.220 e. The summed E-state index contributed by atoms with van der Waals surface area (Å²) < 4.78 is 0. The molecule has 0 unspecified atom stereocenters. The molecular formula is C11H18N2OS. The third-order valence-electron chi connectivity index (χ3n) is 2.11. The van der Waals surface area contributed by atoms with Gasteiger partial charge in [-0.15, -0.1) is 11.3 Å². The van der Waals surface area contributed by atoms with E-state index in [1.54, 1.807) is 11.3 Å². The summed E-state index contributed by atoms with van der Waals surface area (Å²) in [6.07, 6.45) is 3.40. The molecule has 0 radical (unpaired) electrons. The lowest BCUT2D eigenvalue weighted by molar-refractivity contribution is -0.121. The van der Waals surface area contributed by atoms with Gasteiger partial charge in [-0.3, -0.25) is 4.79 Å². The van der Waals surface area contributed by atoms with Crippen LogP contribution in [0.2, 0.25) is 0 Å². The zero-order valence-corrected chi connectivity index (χ0v) is 9.69. The first kappa shape index (κ1) is 12.2. The molecule has 84 valence electrons. The summed E-state index contributed by atoms with van der Waals surface area (Å²) >= 11 is 1.75. The van der Waals surface area contributed by atoms with Crippen LogP contribution < -0.4 is 11.1 Å². The molecule has 1 heterocycles. The highest BCUT2D eigenvalue weighted by molar-refractivity contribution is 7.09. The highest BCUT2D eigenvalue weighted by Gasteiger charge is 2.00. The van der Waals surface area contributed by atoms with E-state index in [9.17, 15) is 4.79 Å². The number of carbonyl (C=O) groups is 1. The van der Waals surface area contributed by atoms with Crippen LogP contribution >= 0.6 is 11.3 Å². The maximum atomic E-state index is 11.3. The van der Waals surface area contributed by atoms with Crippen LogP contribution in [0, 0.1) is 0 Å². The summed E-state index contributed by atoms with van der Waals surface area (Å²) in [5.74, 6) is 0.139. The standard InChI is InChI=1S/C11H18N2OS/c12-7-3-8-13-11(14)6-1-4-10-5-2-9-15-10/h2,5,9H,1,3-4,6-8,12H2,(H,13,14). The van der Waals surface area contributed by atoms with Gasteiger partial charge in [0.1, 0.15) is 0 Å². The molecule has 0 aliphatic carbocycles. The quantitative estimate of drug-likeness (QED) is 0.693. The molecule has 0 spiro atoms. The number of hydrogen-bond donors (Lipinski definition) is 2. The second kappa shape index (κ2) is 7.43. The van der Waals surface area contributed by atoms with E-state index in [4.69, 9.17) is 5.73 Å². The molecule has 1 aromatic heterocycles. The normalized spacial score (nSPS) is 10.2. The number of thiophene rings is 1. The van der Waals surface area contributed by atoms with Crippen LogP contribution in [0.3, 0.4) is 0 Å². The van der Waals surface area contributed by atoms with Gasteiger partial charge in [0.05, 0.1) is 0 Å². The Morgan fingerprint density at radius 3 is 3.00 bits per heavy atom. The molecular weight excluding hydrogens is 208 g/mol. The molecule has 1 amide bonds. The first-order chi connectivity index (χ1) is 7.33. The Labute approximate surface area is 94.7 Å². The average molecular weight is 226 g/mol. The first-order valence-corrected chi connectivity index (χ1v) is 6.20. The maximum absolute atomic E-state index is 11.3. The van der Waals surface area contributed by atoms with Gasteiger partial charge >= 0.3 is 0 Å². The molecule has 0 atom stereocenters. The number of amides is 1. The minimum Gasteiger partial charge on any atom is -0.356 e. The molecule has 1 rings (SSSR count). The molecule has 3 nitrogen and oxygen atoms in total. The third kappa shape index (κ3) is 5.54. The molecule has 0 saturated heterocycles. The molecule has 15 heavy (non-hydrogen) atoms. The van der Waals surface area contributed by atoms with E-state index in [0.29, 0.717) is 19.5 Å². The molecule has 0 aromatic carbocycles. The fourth-order valence-electron chi connectivity index (χ4n) is 1.30. The lowest BCUT2D eigenvalue weighted by Gasteiger charge is -2.03. The van der Waals surface area contributed by atoms with Crippen LogP contribution in [0.15, 0.2) is 17.5 Å². The molecule has 0 aliphatic rings. The van der Waals surface area contributed by atoms with Gasteiger partial charge in [-0.2, -0.15) is 0 Å². The molecule has 0 fully saturated rings. The second-order valence-electron chi connectivity index (χ2n) is 3.43. The third-order valence-corrected chi connectivity index (χ3v) is 3.05. The van der Waals surface area contributed by atoms with Crippen LogP contribution in [0.5, 0.6) is 0 Å². The lowest BCUT2D eigenvalue weighted by Crippen LogP contribution is -2.25. The number of aryl methyl sites for hydroxylation is 1. The van der Waals surface area contributed by atoms with Crippen LogP contribution in [-0.2, 0) is 11.2 Å². The van der Waals surface area contributed by atoms with Crippen molar-refractivity contribution in [1.29, 1.82) is 0 Å². The predicted octanol–water partition coefficient (Wildman–Crippen LogP) is 1.54. The van der Waals surface area contributed by atoms with Crippen molar-refractivity contribution in [2.75, 3.05) is 13.1 Å². The Morgan fingerprint density at radius 2 is 2.33 bits per heavy atom. The summed E-state index contributed by atoms with van der Waals surface area (Å²) in [6.45, 7) is 1.34. The predicted molar refractivity (Wildman–Crippen MR) is 63.9 cm³/mol. The highest BCUT2D eigenvalue weighted by atomic mass is 32.1. The Kier molecular flexibility index (Phi) is 6.04. The van der Waals surface area contributed by atoms with Gasteiger partial charge in [-0.1, -0.05) is 6.07 Å². The van der Waals surface area contributed by atoms with E-state index in [0.717, 1.165) is 19.3 Å². The van der Waals surface area contributed by atoms with Crippen LogP contribution in [-0.4, -0.2) is 19.0 Å². The minimum absolute atomic E-state index is 0.139. The fraction of sp³-hybridized carbons (Fsp3) is 0.545. The zero-order valence-electron chi connectivity index (χ0n) is 8.87. The summed E-state index contributed by atoms with van der Waals surface area (Å²) in [7, 11) is 0. The van der Waals surface area contributed by atoms with E-state index >= 15 is 0 Å².